The summed E-state index contributed by atoms with van der Waals surface area (Å²) in [5.74, 6) is 1.16. The van der Waals surface area contributed by atoms with Gasteiger partial charge >= 0.3 is 6.18 Å². The smallest absolute Gasteiger partial charge is 0.384 e. The van der Waals surface area contributed by atoms with Crippen molar-refractivity contribution in [1.29, 1.82) is 0 Å². The molecule has 1 aromatic rings. The molecule has 1 heterocycles. The van der Waals surface area contributed by atoms with Gasteiger partial charge in [0.05, 0.1) is 6.61 Å². The average molecular weight is 277 g/mol. The maximum absolute atomic E-state index is 11.9. The maximum Gasteiger partial charge on any atom is 0.411 e. The van der Waals surface area contributed by atoms with Crippen molar-refractivity contribution in [2.24, 2.45) is 5.92 Å². The van der Waals surface area contributed by atoms with Crippen molar-refractivity contribution < 1.29 is 17.9 Å². The van der Waals surface area contributed by atoms with Gasteiger partial charge in [-0.3, -0.25) is 0 Å². The summed E-state index contributed by atoms with van der Waals surface area (Å²) in [6.45, 7) is 2.76. The number of anilines is 1. The Hall–Kier alpha value is -1.37. The van der Waals surface area contributed by atoms with E-state index < -0.39 is 12.8 Å². The zero-order chi connectivity index (χ0) is 14.5. The summed E-state index contributed by atoms with van der Waals surface area (Å²) in [5.41, 5.74) is 6.44. The first-order valence-electron chi connectivity index (χ1n) is 6.03. The van der Waals surface area contributed by atoms with E-state index in [4.69, 9.17) is 5.73 Å². The topological polar surface area (TPSA) is 61.0 Å². The zero-order valence-corrected chi connectivity index (χ0v) is 11.0. The molecule has 0 saturated carbocycles. The number of nitrogens with zero attached hydrogens (tertiary/aromatic N) is 2. The van der Waals surface area contributed by atoms with Crippen LogP contribution in [-0.2, 0) is 17.6 Å². The molecule has 19 heavy (non-hydrogen) atoms. The lowest BCUT2D eigenvalue weighted by molar-refractivity contribution is -0.173. The number of ether oxygens (including phenoxy) is 1. The van der Waals surface area contributed by atoms with Crippen LogP contribution in [0, 0.1) is 5.92 Å². The largest absolute Gasteiger partial charge is 0.411 e. The van der Waals surface area contributed by atoms with E-state index in [1.54, 1.807) is 6.07 Å². The number of hydrogen-bond acceptors (Lipinski definition) is 4. The van der Waals surface area contributed by atoms with Gasteiger partial charge in [0.1, 0.15) is 18.2 Å². The highest BCUT2D eigenvalue weighted by Crippen LogP contribution is 2.14. The van der Waals surface area contributed by atoms with Gasteiger partial charge in [-0.25, -0.2) is 9.97 Å². The molecule has 0 amide bonds. The van der Waals surface area contributed by atoms with Crippen molar-refractivity contribution in [3.8, 4) is 0 Å². The Morgan fingerprint density at radius 1 is 1.32 bits per heavy atom. The molecule has 0 spiro atoms. The van der Waals surface area contributed by atoms with Crippen LogP contribution in [0.15, 0.2) is 6.07 Å². The molecule has 7 heteroatoms. The molecule has 0 aliphatic carbocycles. The number of nitrogens with two attached hydrogens (primary N) is 1. The molecule has 1 aromatic heterocycles. The molecule has 0 fully saturated rings. The van der Waals surface area contributed by atoms with Crippen LogP contribution < -0.4 is 5.73 Å². The molecule has 0 saturated heterocycles. The number of hydrogen-bond donors (Lipinski definition) is 1. The second kappa shape index (κ2) is 6.70. The highest BCUT2D eigenvalue weighted by molar-refractivity contribution is 5.30. The van der Waals surface area contributed by atoms with Crippen molar-refractivity contribution in [3.63, 3.8) is 0 Å². The second-order valence-electron chi connectivity index (χ2n) is 4.72. The van der Waals surface area contributed by atoms with E-state index in [9.17, 15) is 13.2 Å². The maximum atomic E-state index is 11.9. The third kappa shape index (κ3) is 6.95. The predicted octanol–water partition coefficient (Wildman–Crippen LogP) is 2.38. The van der Waals surface area contributed by atoms with Crippen LogP contribution in [0.2, 0.25) is 0 Å². The molecule has 0 aliphatic heterocycles. The highest BCUT2D eigenvalue weighted by Gasteiger charge is 2.27. The van der Waals surface area contributed by atoms with Gasteiger partial charge in [0.2, 0.25) is 0 Å². The normalized spacial score (nSPS) is 12.1. The van der Waals surface area contributed by atoms with E-state index in [2.05, 4.69) is 14.7 Å². The van der Waals surface area contributed by atoms with E-state index >= 15 is 0 Å². The van der Waals surface area contributed by atoms with Crippen molar-refractivity contribution >= 4 is 5.82 Å². The molecule has 0 unspecified atom stereocenters. The van der Waals surface area contributed by atoms with Gasteiger partial charge in [-0.05, 0) is 12.3 Å². The molecule has 0 aromatic carbocycles. The van der Waals surface area contributed by atoms with E-state index in [0.29, 0.717) is 17.6 Å². The molecule has 0 bridgehead atoms. The minimum Gasteiger partial charge on any atom is -0.384 e. The lowest BCUT2D eigenvalue weighted by atomic mass is 10.1. The Morgan fingerprint density at radius 3 is 2.58 bits per heavy atom. The molecule has 0 aliphatic rings. The Morgan fingerprint density at radius 2 is 2.00 bits per heavy atom. The average Bonchev–Trinajstić information content (AvgIpc) is 2.21. The molecule has 0 atom stereocenters. The van der Waals surface area contributed by atoms with Crippen LogP contribution >= 0.6 is 0 Å². The van der Waals surface area contributed by atoms with Gasteiger partial charge < -0.3 is 10.5 Å². The number of rotatable bonds is 6. The first-order valence-corrected chi connectivity index (χ1v) is 6.03. The molecule has 2 N–H and O–H groups in total. The van der Waals surface area contributed by atoms with Gasteiger partial charge in [0.15, 0.2) is 0 Å². The molecule has 108 valence electrons. The number of aromatic nitrogens is 2. The summed E-state index contributed by atoms with van der Waals surface area (Å²) >= 11 is 0. The van der Waals surface area contributed by atoms with Gasteiger partial charge in [0, 0.05) is 18.2 Å². The van der Waals surface area contributed by atoms with Gasteiger partial charge in [0.25, 0.3) is 0 Å². The minimum absolute atomic E-state index is 0.0793. The number of alkyl halides is 3. The zero-order valence-electron chi connectivity index (χ0n) is 11.0. The fourth-order valence-corrected chi connectivity index (χ4v) is 1.56. The summed E-state index contributed by atoms with van der Waals surface area (Å²) in [6, 6.07) is 1.68. The van der Waals surface area contributed by atoms with Gasteiger partial charge in [-0.1, -0.05) is 13.8 Å². The molecule has 1 rings (SSSR count). The summed E-state index contributed by atoms with van der Waals surface area (Å²) in [5, 5.41) is 0. The first kappa shape index (κ1) is 15.7. The van der Waals surface area contributed by atoms with Crippen molar-refractivity contribution in [3.05, 3.63) is 17.6 Å². The van der Waals surface area contributed by atoms with E-state index in [1.807, 2.05) is 13.8 Å². The fraction of sp³-hybridized carbons (Fsp3) is 0.667. The highest BCUT2D eigenvalue weighted by atomic mass is 19.4. The quantitative estimate of drug-likeness (QED) is 0.811. The van der Waals surface area contributed by atoms with Gasteiger partial charge in [-0.2, -0.15) is 13.2 Å². The molecular weight excluding hydrogens is 259 g/mol. The summed E-state index contributed by atoms with van der Waals surface area (Å²) in [4.78, 5) is 8.24. The van der Waals surface area contributed by atoms with Crippen LogP contribution in [-0.4, -0.2) is 29.4 Å². The van der Waals surface area contributed by atoms with Crippen molar-refractivity contribution in [1.82, 2.24) is 9.97 Å². The minimum atomic E-state index is -4.31. The van der Waals surface area contributed by atoms with E-state index in [0.717, 1.165) is 12.1 Å². The Labute approximate surface area is 110 Å². The third-order valence-electron chi connectivity index (χ3n) is 2.20. The van der Waals surface area contributed by atoms with Crippen molar-refractivity contribution in [2.75, 3.05) is 18.9 Å². The summed E-state index contributed by atoms with van der Waals surface area (Å²) in [6.07, 6.45) is -3.34. The SMILES string of the molecule is CC(C)Cc1cc(N)nc(CCOCC(F)(F)F)n1. The van der Waals surface area contributed by atoms with Crippen LogP contribution in [0.5, 0.6) is 0 Å². The Balaban J connectivity index is 2.51. The molecule has 4 nitrogen and oxygen atoms in total. The monoisotopic (exact) mass is 277 g/mol. The molecular formula is C12H18F3N3O. The molecule has 0 radical (unpaired) electrons. The second-order valence-corrected chi connectivity index (χ2v) is 4.72. The standard InChI is InChI=1S/C12H18F3N3O/c1-8(2)5-9-6-10(16)18-11(17-9)3-4-19-7-12(13,14)15/h6,8H,3-5,7H2,1-2H3,(H2,16,17,18). The van der Waals surface area contributed by atoms with E-state index in [-0.39, 0.29) is 13.0 Å². The third-order valence-corrected chi connectivity index (χ3v) is 2.20. The van der Waals surface area contributed by atoms with Crippen LogP contribution in [0.1, 0.15) is 25.4 Å². The lowest BCUT2D eigenvalue weighted by Crippen LogP contribution is -2.18. The van der Waals surface area contributed by atoms with Crippen molar-refractivity contribution in [2.45, 2.75) is 32.9 Å². The van der Waals surface area contributed by atoms with Crippen LogP contribution in [0.3, 0.4) is 0 Å². The van der Waals surface area contributed by atoms with E-state index in [1.165, 1.54) is 0 Å². The van der Waals surface area contributed by atoms with Crippen LogP contribution in [0.4, 0.5) is 19.0 Å². The number of nitrogen functional groups attached to an aromatic ring is 1. The summed E-state index contributed by atoms with van der Waals surface area (Å²) in [7, 11) is 0. The van der Waals surface area contributed by atoms with Crippen LogP contribution in [0.25, 0.3) is 0 Å². The van der Waals surface area contributed by atoms with Gasteiger partial charge in [-0.15, -0.1) is 0 Å². The predicted molar refractivity (Wildman–Crippen MR) is 65.6 cm³/mol. The Kier molecular flexibility index (Phi) is 5.53. The summed E-state index contributed by atoms with van der Waals surface area (Å²) < 4.78 is 40.1. The first-order chi connectivity index (χ1) is 8.76. The fourth-order valence-electron chi connectivity index (χ4n) is 1.56. The Bertz CT molecular complexity index is 408. The lowest BCUT2D eigenvalue weighted by Gasteiger charge is -2.09. The number of halogens is 3.